The fourth-order valence-electron chi connectivity index (χ4n) is 8.10. The predicted molar refractivity (Wildman–Crippen MR) is 230 cm³/mol. The molecular formula is C43H46ClN7O8S. The lowest BCUT2D eigenvalue weighted by Gasteiger charge is -2.39. The van der Waals surface area contributed by atoms with Gasteiger partial charge in [-0.25, -0.2) is 18.1 Å². The minimum absolute atomic E-state index is 0.00658. The Morgan fingerprint density at radius 3 is 2.63 bits per heavy atom. The number of aliphatic hydroxyl groups is 1. The number of sulfonamides is 1. The van der Waals surface area contributed by atoms with Crippen LogP contribution in [0.15, 0.2) is 89.6 Å². The zero-order chi connectivity index (χ0) is 42.2. The highest BCUT2D eigenvalue weighted by Gasteiger charge is 2.33. The summed E-state index contributed by atoms with van der Waals surface area (Å²) in [5, 5.41) is 25.8. The summed E-state index contributed by atoms with van der Waals surface area (Å²) in [4.78, 5) is 36.8. The minimum atomic E-state index is -4.66. The van der Waals surface area contributed by atoms with Gasteiger partial charge in [-0.15, -0.1) is 0 Å². The van der Waals surface area contributed by atoms with Crippen molar-refractivity contribution < 1.29 is 32.7 Å². The van der Waals surface area contributed by atoms with E-state index in [9.17, 15) is 28.4 Å². The van der Waals surface area contributed by atoms with Crippen LogP contribution in [0.2, 0.25) is 5.02 Å². The number of nitrogens with one attached hydrogen (secondary N) is 3. The van der Waals surface area contributed by atoms with E-state index in [0.29, 0.717) is 24.5 Å². The molecule has 314 valence electrons. The van der Waals surface area contributed by atoms with Crippen LogP contribution in [0.4, 0.5) is 17.1 Å². The smallest absolute Gasteiger partial charge is 0.297 e. The van der Waals surface area contributed by atoms with Crippen LogP contribution in [0.3, 0.4) is 0 Å². The van der Waals surface area contributed by atoms with Crippen molar-refractivity contribution in [3.8, 4) is 17.2 Å². The van der Waals surface area contributed by atoms with Crippen LogP contribution >= 0.6 is 11.6 Å². The summed E-state index contributed by atoms with van der Waals surface area (Å²) in [5.74, 6) is -0.634. The SMILES string of the molecule is CC1(C)CCC(CN2CCN(c3ccc(C(=O)NS(=O)(=O)c4cc5c(c([N+](=O)[O-])c4)N[C@H](CCO)CO5)c(Oc4cnc5[nH]ccc5c4)c3)CC2)=C(c2ccc(Cl)cc2)C1. The van der Waals surface area contributed by atoms with E-state index >= 15 is 0 Å². The molecule has 4 heterocycles. The molecule has 3 aromatic carbocycles. The lowest BCUT2D eigenvalue weighted by Crippen LogP contribution is -2.47. The summed E-state index contributed by atoms with van der Waals surface area (Å²) < 4.78 is 41.5. The number of piperazine rings is 1. The molecule has 1 amide bonds. The number of nitro groups is 1. The Kier molecular flexibility index (Phi) is 11.5. The second kappa shape index (κ2) is 16.8. The van der Waals surface area contributed by atoms with Gasteiger partial charge in [0.25, 0.3) is 21.6 Å². The number of anilines is 2. The molecule has 2 aliphatic heterocycles. The van der Waals surface area contributed by atoms with Crippen LogP contribution in [-0.4, -0.2) is 91.2 Å². The van der Waals surface area contributed by atoms with Crippen molar-refractivity contribution in [2.45, 2.75) is 50.5 Å². The Hall–Kier alpha value is -5.68. The maximum absolute atomic E-state index is 13.9. The summed E-state index contributed by atoms with van der Waals surface area (Å²) in [7, 11) is -4.66. The number of ether oxygens (including phenoxy) is 2. The van der Waals surface area contributed by atoms with E-state index in [4.69, 9.17) is 21.1 Å². The molecule has 1 fully saturated rings. The fraction of sp³-hybridized carbons (Fsp3) is 0.349. The maximum Gasteiger partial charge on any atom is 0.297 e. The molecule has 0 spiro atoms. The summed E-state index contributed by atoms with van der Waals surface area (Å²) in [6, 6.07) is 18.3. The van der Waals surface area contributed by atoms with Gasteiger partial charge in [0.05, 0.1) is 27.6 Å². The first-order valence-corrected chi connectivity index (χ1v) is 21.7. The van der Waals surface area contributed by atoms with Crippen molar-refractivity contribution in [1.29, 1.82) is 0 Å². The second-order valence-corrected chi connectivity index (χ2v) is 18.4. The Morgan fingerprint density at radius 1 is 1.10 bits per heavy atom. The molecular weight excluding hydrogens is 810 g/mol. The summed E-state index contributed by atoms with van der Waals surface area (Å²) in [5.41, 5.74) is 5.10. The highest BCUT2D eigenvalue weighted by atomic mass is 35.5. The summed E-state index contributed by atoms with van der Waals surface area (Å²) in [6.07, 6.45) is 6.69. The zero-order valence-electron chi connectivity index (χ0n) is 33.2. The Balaban J connectivity index is 1.03. The van der Waals surface area contributed by atoms with Gasteiger partial charge in [0.1, 0.15) is 23.8 Å². The van der Waals surface area contributed by atoms with Crippen molar-refractivity contribution in [2.75, 3.05) is 56.2 Å². The van der Waals surface area contributed by atoms with Gasteiger partial charge in [0.2, 0.25) is 0 Å². The van der Waals surface area contributed by atoms with Crippen molar-refractivity contribution in [1.82, 2.24) is 19.6 Å². The molecule has 15 nitrogen and oxygen atoms in total. The van der Waals surface area contributed by atoms with E-state index in [2.05, 4.69) is 55.8 Å². The van der Waals surface area contributed by atoms with Crippen LogP contribution < -0.4 is 24.4 Å². The van der Waals surface area contributed by atoms with E-state index in [1.165, 1.54) is 29.0 Å². The molecule has 4 N–H and O–H groups in total. The normalized spacial score (nSPS) is 18.1. The lowest BCUT2D eigenvalue weighted by molar-refractivity contribution is -0.384. The van der Waals surface area contributed by atoms with E-state index in [1.807, 2.05) is 18.2 Å². The number of hydrogen-bond donors (Lipinski definition) is 4. The highest BCUT2D eigenvalue weighted by molar-refractivity contribution is 7.90. The number of pyridine rings is 1. The van der Waals surface area contributed by atoms with Gasteiger partial charge in [-0.1, -0.05) is 43.2 Å². The highest BCUT2D eigenvalue weighted by Crippen LogP contribution is 2.44. The van der Waals surface area contributed by atoms with Crippen LogP contribution in [0.1, 0.15) is 55.5 Å². The van der Waals surface area contributed by atoms with Gasteiger partial charge in [-0.2, -0.15) is 0 Å². The largest absolute Gasteiger partial charge is 0.489 e. The average Bonchev–Trinajstić information content (AvgIpc) is 3.70. The van der Waals surface area contributed by atoms with Gasteiger partial charge in [0.15, 0.2) is 11.4 Å². The second-order valence-electron chi connectivity index (χ2n) is 16.2. The van der Waals surface area contributed by atoms with E-state index in [1.54, 1.807) is 24.4 Å². The molecule has 60 heavy (non-hydrogen) atoms. The maximum atomic E-state index is 13.9. The van der Waals surface area contributed by atoms with Gasteiger partial charge < -0.3 is 29.8 Å². The Bertz CT molecular complexity index is 2590. The monoisotopic (exact) mass is 855 g/mol. The third-order valence-corrected chi connectivity index (χ3v) is 13.0. The molecule has 0 unspecified atom stereocenters. The van der Waals surface area contributed by atoms with Crippen LogP contribution in [-0.2, 0) is 10.0 Å². The molecule has 5 aromatic rings. The summed E-state index contributed by atoms with van der Waals surface area (Å²) >= 11 is 6.23. The number of fused-ring (bicyclic) bond motifs is 2. The lowest BCUT2D eigenvalue weighted by atomic mass is 9.72. The summed E-state index contributed by atoms with van der Waals surface area (Å²) in [6.45, 7) is 8.43. The topological polar surface area (TPSA) is 192 Å². The third-order valence-electron chi connectivity index (χ3n) is 11.4. The van der Waals surface area contributed by atoms with E-state index < -0.39 is 37.5 Å². The first-order chi connectivity index (χ1) is 28.7. The predicted octanol–water partition coefficient (Wildman–Crippen LogP) is 7.38. The zero-order valence-corrected chi connectivity index (χ0v) is 34.8. The quantitative estimate of drug-likeness (QED) is 0.0721. The van der Waals surface area contributed by atoms with Gasteiger partial charge in [-0.3, -0.25) is 19.8 Å². The standard InChI is InChI=1S/C43H46ClN7O8S/c1-43(2)12-9-29(36(23-43)27-3-5-30(44)6-4-27)25-49-14-16-50(17-15-49)32-7-8-35(38(20-32)59-33-19-28-10-13-45-41(28)46-24-33)42(53)48-60(56,57)34-21-37(51(54)55)40-39(22-34)58-26-31(47-40)11-18-52/h3-8,10,13,19-22,24,31,47,52H,9,11-12,14-18,23,25-26H2,1-2H3,(H,45,46)(H,48,53)/t31-/m1/s1. The first-order valence-electron chi connectivity index (χ1n) is 19.8. The molecule has 0 saturated carbocycles. The number of nitrogens with zero attached hydrogens (tertiary/aromatic N) is 4. The van der Waals surface area contributed by atoms with Gasteiger partial charge >= 0.3 is 0 Å². The number of allylic oxidation sites excluding steroid dienone is 1. The number of rotatable bonds is 12. The molecule has 2 aromatic heterocycles. The molecule has 17 heteroatoms. The molecule has 1 aliphatic carbocycles. The Labute approximate surface area is 352 Å². The molecule has 1 atom stereocenters. The third kappa shape index (κ3) is 8.92. The fourth-order valence-corrected chi connectivity index (χ4v) is 9.22. The number of benzene rings is 3. The van der Waals surface area contributed by atoms with Crippen molar-refractivity contribution in [2.24, 2.45) is 5.41 Å². The number of aliphatic hydroxyl groups excluding tert-OH is 1. The average molecular weight is 856 g/mol. The molecule has 1 saturated heterocycles. The molecule has 8 rings (SSSR count). The molecule has 3 aliphatic rings. The van der Waals surface area contributed by atoms with Gasteiger partial charge in [-0.05, 0) is 78.6 Å². The van der Waals surface area contributed by atoms with Crippen molar-refractivity contribution in [3.05, 3.63) is 111 Å². The van der Waals surface area contributed by atoms with Crippen LogP contribution in [0.5, 0.6) is 17.2 Å². The van der Waals surface area contributed by atoms with Gasteiger partial charge in [0, 0.05) is 79.8 Å². The Morgan fingerprint density at radius 2 is 1.88 bits per heavy atom. The van der Waals surface area contributed by atoms with Crippen LogP contribution in [0.25, 0.3) is 16.6 Å². The number of hydrogen-bond acceptors (Lipinski definition) is 12. The number of H-pyrrole nitrogens is 1. The number of aromatic nitrogens is 2. The number of carbonyl (C=O) groups is 1. The number of amides is 1. The molecule has 0 radical (unpaired) electrons. The van der Waals surface area contributed by atoms with E-state index in [-0.39, 0.29) is 47.8 Å². The van der Waals surface area contributed by atoms with E-state index in [0.717, 1.165) is 67.1 Å². The number of nitro benzene ring substituents is 1. The number of aromatic amines is 1. The minimum Gasteiger partial charge on any atom is -0.489 e. The van der Waals surface area contributed by atoms with Crippen LogP contribution in [0, 0.1) is 15.5 Å². The first kappa shape index (κ1) is 41.1. The number of halogens is 1. The molecule has 0 bridgehead atoms. The van der Waals surface area contributed by atoms with Crippen molar-refractivity contribution in [3.63, 3.8) is 0 Å². The van der Waals surface area contributed by atoms with Crippen molar-refractivity contribution >= 4 is 61.2 Å². The number of carbonyl (C=O) groups excluding carboxylic acids is 1.